The molecule has 5 nitrogen and oxygen atoms in total. The first-order valence-electron chi connectivity index (χ1n) is 10.6. The van der Waals surface area contributed by atoms with Crippen molar-refractivity contribution in [3.05, 3.63) is 63.6 Å². The fourth-order valence-corrected chi connectivity index (χ4v) is 4.86. The monoisotopic (exact) mass is 454 g/mol. The third-order valence-corrected chi connectivity index (χ3v) is 7.10. The van der Waals surface area contributed by atoms with E-state index in [1.165, 1.54) is 16.9 Å². The van der Waals surface area contributed by atoms with Crippen LogP contribution in [0, 0.1) is 6.92 Å². The lowest BCUT2D eigenvalue weighted by Crippen LogP contribution is -2.44. The molecule has 0 bridgehead atoms. The zero-order valence-corrected chi connectivity index (χ0v) is 19.7. The molecule has 1 amide bonds. The summed E-state index contributed by atoms with van der Waals surface area (Å²) in [6.45, 7) is 7.83. The van der Waals surface area contributed by atoms with Gasteiger partial charge in [0.05, 0.1) is 17.1 Å². The van der Waals surface area contributed by atoms with E-state index in [9.17, 15) is 4.79 Å². The summed E-state index contributed by atoms with van der Waals surface area (Å²) >= 11 is 7.68. The van der Waals surface area contributed by atoms with Crippen LogP contribution in [0.4, 0.5) is 11.4 Å². The Morgan fingerprint density at radius 3 is 2.52 bits per heavy atom. The standard InChI is InChI=1S/C24H27ClN4OS/c1-4-17-5-7-18(8-6-17)24-26-16(2)22(31-24)23(30)27-20-15-19(25)9-10-21(20)29-13-11-28(3)12-14-29/h5-10,15H,4,11-14H2,1-3H3,(H,27,30). The summed E-state index contributed by atoms with van der Waals surface area (Å²) in [7, 11) is 2.13. The maximum absolute atomic E-state index is 13.2. The quantitative estimate of drug-likeness (QED) is 0.565. The lowest BCUT2D eigenvalue weighted by Gasteiger charge is -2.35. The number of hydrogen-bond acceptors (Lipinski definition) is 5. The molecular weight excluding hydrogens is 428 g/mol. The first-order chi connectivity index (χ1) is 14.9. The number of carbonyl (C=O) groups is 1. The van der Waals surface area contributed by atoms with Crippen LogP contribution in [0.3, 0.4) is 0 Å². The van der Waals surface area contributed by atoms with Gasteiger partial charge in [0.15, 0.2) is 0 Å². The Bertz CT molecular complexity index is 1070. The highest BCUT2D eigenvalue weighted by atomic mass is 35.5. The SMILES string of the molecule is CCc1ccc(-c2nc(C)c(C(=O)Nc3cc(Cl)ccc3N3CCN(C)CC3)s2)cc1. The smallest absolute Gasteiger partial charge is 0.267 e. The average molecular weight is 455 g/mol. The van der Waals surface area contributed by atoms with Gasteiger partial charge in [0.25, 0.3) is 5.91 Å². The predicted octanol–water partition coefficient (Wildman–Crippen LogP) is 5.34. The summed E-state index contributed by atoms with van der Waals surface area (Å²) in [5.41, 5.74) is 4.80. The van der Waals surface area contributed by atoms with Crippen LogP contribution in [0.2, 0.25) is 5.02 Å². The number of halogens is 1. The second-order valence-electron chi connectivity index (χ2n) is 7.89. The second kappa shape index (κ2) is 9.39. The van der Waals surface area contributed by atoms with Crippen molar-refractivity contribution in [1.29, 1.82) is 0 Å². The summed E-state index contributed by atoms with van der Waals surface area (Å²) < 4.78 is 0. The second-order valence-corrected chi connectivity index (χ2v) is 9.33. The Hall–Kier alpha value is -2.41. The first kappa shape index (κ1) is 21.8. The number of amides is 1. The minimum Gasteiger partial charge on any atom is -0.367 e. The fraction of sp³-hybridized carbons (Fsp3) is 0.333. The van der Waals surface area contributed by atoms with Crippen LogP contribution >= 0.6 is 22.9 Å². The van der Waals surface area contributed by atoms with Crippen LogP contribution in [-0.2, 0) is 6.42 Å². The van der Waals surface area contributed by atoms with Crippen molar-refractivity contribution in [3.8, 4) is 10.6 Å². The minimum absolute atomic E-state index is 0.149. The van der Waals surface area contributed by atoms with Crippen LogP contribution in [0.25, 0.3) is 10.6 Å². The summed E-state index contributed by atoms with van der Waals surface area (Å²) in [6, 6.07) is 14.1. The molecule has 7 heteroatoms. The van der Waals surface area contributed by atoms with E-state index in [0.29, 0.717) is 9.90 Å². The van der Waals surface area contributed by atoms with Crippen molar-refractivity contribution >= 4 is 40.2 Å². The minimum atomic E-state index is -0.149. The number of carbonyl (C=O) groups excluding carboxylic acids is 1. The number of likely N-dealkylation sites (N-methyl/N-ethyl adjacent to an activating group) is 1. The molecule has 0 atom stereocenters. The van der Waals surface area contributed by atoms with Crippen LogP contribution in [0.1, 0.15) is 27.9 Å². The van der Waals surface area contributed by atoms with E-state index in [0.717, 1.165) is 60.2 Å². The van der Waals surface area contributed by atoms with E-state index in [-0.39, 0.29) is 5.91 Å². The molecule has 1 aromatic heterocycles. The van der Waals surface area contributed by atoms with Crippen molar-refractivity contribution in [2.24, 2.45) is 0 Å². The Kier molecular flexibility index (Phi) is 6.60. The van der Waals surface area contributed by atoms with Crippen molar-refractivity contribution in [2.45, 2.75) is 20.3 Å². The van der Waals surface area contributed by atoms with Crippen molar-refractivity contribution < 1.29 is 4.79 Å². The van der Waals surface area contributed by atoms with Gasteiger partial charge in [0, 0.05) is 36.8 Å². The normalized spacial score (nSPS) is 14.6. The molecule has 2 heterocycles. The van der Waals surface area contributed by atoms with Gasteiger partial charge in [-0.2, -0.15) is 0 Å². The molecule has 4 rings (SSSR count). The predicted molar refractivity (Wildman–Crippen MR) is 131 cm³/mol. The van der Waals surface area contributed by atoms with Gasteiger partial charge in [0.1, 0.15) is 9.88 Å². The van der Waals surface area contributed by atoms with Crippen molar-refractivity contribution in [1.82, 2.24) is 9.88 Å². The topological polar surface area (TPSA) is 48.5 Å². The summed E-state index contributed by atoms with van der Waals surface area (Å²) in [6.07, 6.45) is 1.00. The molecule has 0 unspecified atom stereocenters. The summed E-state index contributed by atoms with van der Waals surface area (Å²) in [4.78, 5) is 23.0. The zero-order valence-electron chi connectivity index (χ0n) is 18.1. The number of nitrogens with one attached hydrogen (secondary N) is 1. The maximum atomic E-state index is 13.2. The molecule has 2 aromatic carbocycles. The van der Waals surface area contributed by atoms with Gasteiger partial charge >= 0.3 is 0 Å². The van der Waals surface area contributed by atoms with Crippen LogP contribution in [-0.4, -0.2) is 49.0 Å². The van der Waals surface area contributed by atoms with Gasteiger partial charge in [0.2, 0.25) is 0 Å². The average Bonchev–Trinajstić information content (AvgIpc) is 3.16. The van der Waals surface area contributed by atoms with E-state index in [1.807, 2.05) is 25.1 Å². The highest BCUT2D eigenvalue weighted by Crippen LogP contribution is 2.33. The van der Waals surface area contributed by atoms with Gasteiger partial charge in [-0.15, -0.1) is 11.3 Å². The maximum Gasteiger partial charge on any atom is 0.267 e. The van der Waals surface area contributed by atoms with Gasteiger partial charge in [-0.25, -0.2) is 4.98 Å². The number of thiazole rings is 1. The molecule has 1 fully saturated rings. The van der Waals surface area contributed by atoms with Gasteiger partial charge in [-0.3, -0.25) is 4.79 Å². The lowest BCUT2D eigenvalue weighted by molar-refractivity contribution is 0.103. The van der Waals surface area contributed by atoms with Gasteiger partial charge < -0.3 is 15.1 Å². The molecule has 1 aliphatic heterocycles. The number of aryl methyl sites for hydroxylation is 2. The van der Waals surface area contributed by atoms with E-state index < -0.39 is 0 Å². The number of aromatic nitrogens is 1. The first-order valence-corrected chi connectivity index (χ1v) is 11.7. The van der Waals surface area contributed by atoms with Gasteiger partial charge in [-0.05, 0) is 44.2 Å². The van der Waals surface area contributed by atoms with Crippen molar-refractivity contribution in [2.75, 3.05) is 43.4 Å². The number of hydrogen-bond donors (Lipinski definition) is 1. The number of piperazine rings is 1. The van der Waals surface area contributed by atoms with Crippen molar-refractivity contribution in [3.63, 3.8) is 0 Å². The van der Waals surface area contributed by atoms with Crippen LogP contribution in [0.15, 0.2) is 42.5 Å². The third kappa shape index (κ3) is 4.92. The van der Waals surface area contributed by atoms with Crippen LogP contribution < -0.4 is 10.2 Å². The Morgan fingerprint density at radius 2 is 1.84 bits per heavy atom. The Balaban J connectivity index is 1.57. The molecule has 0 spiro atoms. The van der Waals surface area contributed by atoms with E-state index >= 15 is 0 Å². The van der Waals surface area contributed by atoms with Gasteiger partial charge in [-0.1, -0.05) is 42.8 Å². The molecule has 1 N–H and O–H groups in total. The molecule has 0 saturated carbocycles. The molecule has 1 aliphatic rings. The van der Waals surface area contributed by atoms with E-state index in [1.54, 1.807) is 0 Å². The molecular formula is C24H27ClN4OS. The fourth-order valence-electron chi connectivity index (χ4n) is 3.72. The zero-order chi connectivity index (χ0) is 22.0. The van der Waals surface area contributed by atoms with Crippen LogP contribution in [0.5, 0.6) is 0 Å². The number of anilines is 2. The number of rotatable bonds is 5. The van der Waals surface area contributed by atoms with E-state index in [2.05, 4.69) is 58.3 Å². The molecule has 162 valence electrons. The molecule has 0 aliphatic carbocycles. The number of benzene rings is 2. The summed E-state index contributed by atoms with van der Waals surface area (Å²) in [5.74, 6) is -0.149. The molecule has 0 radical (unpaired) electrons. The largest absolute Gasteiger partial charge is 0.367 e. The summed E-state index contributed by atoms with van der Waals surface area (Å²) in [5, 5.41) is 4.55. The Labute approximate surface area is 192 Å². The third-order valence-electron chi connectivity index (χ3n) is 5.66. The highest BCUT2D eigenvalue weighted by molar-refractivity contribution is 7.17. The number of nitrogens with zero attached hydrogens (tertiary/aromatic N) is 3. The lowest BCUT2D eigenvalue weighted by atomic mass is 10.1. The molecule has 3 aromatic rings. The molecule has 1 saturated heterocycles. The van der Waals surface area contributed by atoms with E-state index in [4.69, 9.17) is 11.6 Å². The Morgan fingerprint density at radius 1 is 1.13 bits per heavy atom. The molecule has 31 heavy (non-hydrogen) atoms. The highest BCUT2D eigenvalue weighted by Gasteiger charge is 2.21.